The molecule has 5 nitrogen and oxygen atoms in total. The maximum atomic E-state index is 12.5. The number of hydrogen-bond donors (Lipinski definition) is 2. The second-order valence-corrected chi connectivity index (χ2v) is 7.06. The Bertz CT molecular complexity index is 400. The van der Waals surface area contributed by atoms with E-state index < -0.39 is 0 Å². The quantitative estimate of drug-likeness (QED) is 0.817. The first-order valence-corrected chi connectivity index (χ1v) is 8.41. The molecule has 2 amide bonds. The zero-order valence-electron chi connectivity index (χ0n) is 12.9. The molecular weight excluding hydrogens is 266 g/mol. The van der Waals surface area contributed by atoms with Crippen LogP contribution in [0.4, 0.5) is 0 Å². The van der Waals surface area contributed by atoms with Crippen molar-refractivity contribution in [2.75, 3.05) is 13.1 Å². The summed E-state index contributed by atoms with van der Waals surface area (Å²) in [5.74, 6) is 0.845. The fourth-order valence-electron chi connectivity index (χ4n) is 4.33. The number of carbonyl (C=O) groups excluding carboxylic acids is 2. The fourth-order valence-corrected chi connectivity index (χ4v) is 4.33. The van der Waals surface area contributed by atoms with Crippen molar-refractivity contribution in [2.45, 2.75) is 70.0 Å². The van der Waals surface area contributed by atoms with Gasteiger partial charge in [0.25, 0.3) is 0 Å². The average Bonchev–Trinajstić information content (AvgIpc) is 2.77. The third-order valence-corrected chi connectivity index (χ3v) is 5.22. The van der Waals surface area contributed by atoms with Crippen LogP contribution in [0.1, 0.15) is 51.9 Å². The molecule has 0 aromatic carbocycles. The fraction of sp³-hybridized carbons (Fsp3) is 0.875. The van der Waals surface area contributed by atoms with Gasteiger partial charge in [-0.3, -0.25) is 9.59 Å². The summed E-state index contributed by atoms with van der Waals surface area (Å²) >= 11 is 0. The van der Waals surface area contributed by atoms with Gasteiger partial charge < -0.3 is 15.5 Å². The van der Waals surface area contributed by atoms with E-state index >= 15 is 0 Å². The monoisotopic (exact) mass is 293 g/mol. The van der Waals surface area contributed by atoms with Crippen LogP contribution in [0.25, 0.3) is 0 Å². The normalized spacial score (nSPS) is 35.6. The molecule has 0 aromatic rings. The Morgan fingerprint density at radius 2 is 1.90 bits per heavy atom. The summed E-state index contributed by atoms with van der Waals surface area (Å²) in [7, 11) is 0. The Hall–Kier alpha value is -1.10. The van der Waals surface area contributed by atoms with Gasteiger partial charge in [-0.05, 0) is 44.4 Å². The molecule has 2 bridgehead atoms. The molecule has 3 fully saturated rings. The Labute approximate surface area is 126 Å². The zero-order valence-corrected chi connectivity index (χ0v) is 12.9. The number of nitrogens with one attached hydrogen (secondary N) is 2. The summed E-state index contributed by atoms with van der Waals surface area (Å²) in [6, 6.07) is 1.44. The minimum Gasteiger partial charge on any atom is -0.352 e. The molecule has 0 spiro atoms. The average molecular weight is 293 g/mol. The summed E-state index contributed by atoms with van der Waals surface area (Å²) in [5.41, 5.74) is 0. The van der Waals surface area contributed by atoms with Crippen molar-refractivity contribution in [3.8, 4) is 0 Å². The molecule has 5 heteroatoms. The molecule has 3 aliphatic rings. The first kappa shape index (κ1) is 14.8. The summed E-state index contributed by atoms with van der Waals surface area (Å²) in [4.78, 5) is 25.7. The van der Waals surface area contributed by atoms with Crippen LogP contribution in [0.2, 0.25) is 0 Å². The lowest BCUT2D eigenvalue weighted by Gasteiger charge is -2.35. The molecular formula is C16H27N3O2. The van der Waals surface area contributed by atoms with Gasteiger partial charge >= 0.3 is 0 Å². The van der Waals surface area contributed by atoms with Crippen LogP contribution in [0.3, 0.4) is 0 Å². The molecule has 118 valence electrons. The van der Waals surface area contributed by atoms with Crippen molar-refractivity contribution in [1.29, 1.82) is 0 Å². The van der Waals surface area contributed by atoms with E-state index in [9.17, 15) is 9.59 Å². The maximum Gasteiger partial charge on any atom is 0.222 e. The van der Waals surface area contributed by atoms with Gasteiger partial charge in [-0.15, -0.1) is 0 Å². The third kappa shape index (κ3) is 3.76. The molecule has 0 aromatic heterocycles. The standard InChI is InChI=1S/C16H27N3O2/c1-11(20)17-15-3-2-6-19(10-15)16(21)9-12-7-13-4-5-14(8-12)18-13/h12-15,18H,2-10H2,1H3,(H,17,20). The predicted molar refractivity (Wildman–Crippen MR) is 80.7 cm³/mol. The lowest BCUT2D eigenvalue weighted by atomic mass is 9.89. The van der Waals surface area contributed by atoms with E-state index in [1.807, 2.05) is 4.90 Å². The van der Waals surface area contributed by atoms with Gasteiger partial charge in [0.15, 0.2) is 0 Å². The summed E-state index contributed by atoms with van der Waals surface area (Å²) in [5, 5.41) is 6.58. The van der Waals surface area contributed by atoms with Gasteiger partial charge in [0.05, 0.1) is 0 Å². The first-order valence-electron chi connectivity index (χ1n) is 8.41. The highest BCUT2D eigenvalue weighted by Crippen LogP contribution is 2.33. The second-order valence-electron chi connectivity index (χ2n) is 7.06. The first-order chi connectivity index (χ1) is 10.1. The highest BCUT2D eigenvalue weighted by molar-refractivity contribution is 5.77. The largest absolute Gasteiger partial charge is 0.352 e. The summed E-state index contributed by atoms with van der Waals surface area (Å²) < 4.78 is 0. The van der Waals surface area contributed by atoms with Gasteiger partial charge in [0.1, 0.15) is 0 Å². The Morgan fingerprint density at radius 3 is 2.57 bits per heavy atom. The number of rotatable bonds is 3. The van der Waals surface area contributed by atoms with E-state index in [0.717, 1.165) is 32.2 Å². The van der Waals surface area contributed by atoms with Gasteiger partial charge in [0, 0.05) is 44.6 Å². The molecule has 0 radical (unpaired) electrons. The smallest absolute Gasteiger partial charge is 0.222 e. The van der Waals surface area contributed by atoms with Crippen molar-refractivity contribution in [3.63, 3.8) is 0 Å². The van der Waals surface area contributed by atoms with Crippen molar-refractivity contribution in [2.24, 2.45) is 5.92 Å². The molecule has 3 saturated heterocycles. The number of nitrogens with zero attached hydrogens (tertiary/aromatic N) is 1. The molecule has 2 N–H and O–H groups in total. The van der Waals surface area contributed by atoms with Gasteiger partial charge in [0.2, 0.25) is 11.8 Å². The number of amides is 2. The topological polar surface area (TPSA) is 61.4 Å². The van der Waals surface area contributed by atoms with Gasteiger partial charge in [-0.1, -0.05) is 0 Å². The number of likely N-dealkylation sites (tertiary alicyclic amines) is 1. The lowest BCUT2D eigenvalue weighted by Crippen LogP contribution is -2.49. The van der Waals surface area contributed by atoms with E-state index in [-0.39, 0.29) is 17.9 Å². The molecule has 3 atom stereocenters. The lowest BCUT2D eigenvalue weighted by molar-refractivity contribution is -0.134. The van der Waals surface area contributed by atoms with E-state index in [1.165, 1.54) is 12.8 Å². The molecule has 0 aliphatic carbocycles. The van der Waals surface area contributed by atoms with E-state index in [0.29, 0.717) is 31.0 Å². The van der Waals surface area contributed by atoms with E-state index in [2.05, 4.69) is 10.6 Å². The van der Waals surface area contributed by atoms with Crippen LogP contribution < -0.4 is 10.6 Å². The van der Waals surface area contributed by atoms with Crippen molar-refractivity contribution >= 4 is 11.8 Å². The second kappa shape index (κ2) is 6.34. The molecule has 3 heterocycles. The zero-order chi connectivity index (χ0) is 14.8. The Kier molecular flexibility index (Phi) is 4.48. The molecule has 3 rings (SSSR count). The van der Waals surface area contributed by atoms with Crippen LogP contribution in [0, 0.1) is 5.92 Å². The van der Waals surface area contributed by atoms with Crippen molar-refractivity contribution in [3.05, 3.63) is 0 Å². The number of fused-ring (bicyclic) bond motifs is 2. The minimum absolute atomic E-state index is 0.00392. The Morgan fingerprint density at radius 1 is 1.19 bits per heavy atom. The molecule has 0 saturated carbocycles. The van der Waals surface area contributed by atoms with Crippen LogP contribution in [0.5, 0.6) is 0 Å². The predicted octanol–water partition coefficient (Wildman–Crippen LogP) is 1.03. The SMILES string of the molecule is CC(=O)NC1CCCN(C(=O)CC2CC3CCC(C2)N3)C1. The van der Waals surface area contributed by atoms with Crippen LogP contribution >= 0.6 is 0 Å². The van der Waals surface area contributed by atoms with Gasteiger partial charge in [-0.25, -0.2) is 0 Å². The van der Waals surface area contributed by atoms with Crippen LogP contribution in [-0.2, 0) is 9.59 Å². The van der Waals surface area contributed by atoms with Crippen molar-refractivity contribution in [1.82, 2.24) is 15.5 Å². The maximum absolute atomic E-state index is 12.5. The minimum atomic E-state index is 0.00392. The Balaban J connectivity index is 1.49. The number of hydrogen-bond acceptors (Lipinski definition) is 3. The molecule has 3 aliphatic heterocycles. The van der Waals surface area contributed by atoms with E-state index in [1.54, 1.807) is 6.92 Å². The van der Waals surface area contributed by atoms with Crippen molar-refractivity contribution < 1.29 is 9.59 Å². The third-order valence-electron chi connectivity index (χ3n) is 5.22. The molecule has 3 unspecified atom stereocenters. The van der Waals surface area contributed by atoms with Crippen LogP contribution in [0.15, 0.2) is 0 Å². The van der Waals surface area contributed by atoms with Crippen LogP contribution in [-0.4, -0.2) is 47.9 Å². The van der Waals surface area contributed by atoms with Gasteiger partial charge in [-0.2, -0.15) is 0 Å². The molecule has 21 heavy (non-hydrogen) atoms. The highest BCUT2D eigenvalue weighted by Gasteiger charge is 2.35. The van der Waals surface area contributed by atoms with E-state index in [4.69, 9.17) is 0 Å². The summed E-state index contributed by atoms with van der Waals surface area (Å²) in [6.07, 6.45) is 7.56. The highest BCUT2D eigenvalue weighted by atomic mass is 16.2. The number of carbonyl (C=O) groups is 2. The number of piperidine rings is 2. The summed E-state index contributed by atoms with van der Waals surface area (Å²) in [6.45, 7) is 3.09.